The first-order valence-corrected chi connectivity index (χ1v) is 18.0. The van der Waals surface area contributed by atoms with E-state index in [9.17, 15) is 10.5 Å². The highest BCUT2D eigenvalue weighted by Crippen LogP contribution is 2.45. The maximum atomic E-state index is 9.87. The Hall–Kier alpha value is -6.44. The minimum absolute atomic E-state index is 0.664. The lowest BCUT2D eigenvalue weighted by Crippen LogP contribution is -1.94. The molecule has 0 aliphatic carbocycles. The lowest BCUT2D eigenvalue weighted by Gasteiger charge is -2.10. The molecule has 0 unspecified atom stereocenters. The van der Waals surface area contributed by atoms with Gasteiger partial charge < -0.3 is 9.13 Å². The monoisotopic (exact) mass is 670 g/mol. The van der Waals surface area contributed by atoms with E-state index in [0.717, 1.165) is 59.9 Å². The van der Waals surface area contributed by atoms with Crippen LogP contribution in [-0.2, 0) is 0 Å². The molecule has 0 saturated heterocycles. The Bertz CT molecular complexity index is 3360. The Morgan fingerprint density at radius 2 is 1.04 bits per heavy atom. The largest absolute Gasteiger partial charge is 0.309 e. The van der Waals surface area contributed by atoms with Crippen molar-refractivity contribution in [3.63, 3.8) is 0 Å². The van der Waals surface area contributed by atoms with Crippen molar-refractivity contribution in [3.05, 3.63) is 145 Å². The van der Waals surface area contributed by atoms with Crippen LogP contribution in [0.25, 0.3) is 95.3 Å². The van der Waals surface area contributed by atoms with Gasteiger partial charge in [-0.25, -0.2) is 0 Å². The van der Waals surface area contributed by atoms with Crippen molar-refractivity contribution in [1.29, 1.82) is 10.5 Å². The molecule has 50 heavy (non-hydrogen) atoms. The third kappa shape index (κ3) is 3.61. The molecule has 4 heterocycles. The highest BCUT2D eigenvalue weighted by molar-refractivity contribution is 7.27. The van der Waals surface area contributed by atoms with Crippen LogP contribution in [0.15, 0.2) is 133 Å². The van der Waals surface area contributed by atoms with E-state index in [1.54, 1.807) is 11.3 Å². The summed E-state index contributed by atoms with van der Waals surface area (Å²) in [5.41, 5.74) is 8.13. The van der Waals surface area contributed by atoms with Gasteiger partial charge in [-0.05, 0) is 78.9 Å². The molecule has 6 heteroatoms. The number of thiophene rings is 2. The zero-order valence-electron chi connectivity index (χ0n) is 26.3. The molecule has 0 N–H and O–H groups in total. The number of nitriles is 2. The summed E-state index contributed by atoms with van der Waals surface area (Å²) in [6, 6.07) is 51.9. The van der Waals surface area contributed by atoms with Crippen LogP contribution in [0.1, 0.15) is 11.1 Å². The summed E-state index contributed by atoms with van der Waals surface area (Å²) >= 11 is 3.54. The molecule has 0 atom stereocenters. The van der Waals surface area contributed by atoms with E-state index < -0.39 is 0 Å². The first-order chi connectivity index (χ1) is 24.7. The van der Waals surface area contributed by atoms with Gasteiger partial charge >= 0.3 is 0 Å². The van der Waals surface area contributed by atoms with E-state index in [1.807, 2.05) is 35.6 Å². The third-order valence-corrected chi connectivity index (χ3v) is 12.6. The maximum absolute atomic E-state index is 9.87. The quantitative estimate of drug-likeness (QED) is 0.184. The van der Waals surface area contributed by atoms with Gasteiger partial charge in [0, 0.05) is 68.6 Å². The van der Waals surface area contributed by atoms with Crippen LogP contribution in [0.5, 0.6) is 0 Å². The lowest BCUT2D eigenvalue weighted by atomic mass is 10.1. The van der Waals surface area contributed by atoms with E-state index in [1.165, 1.54) is 41.0 Å². The molecule has 0 bridgehead atoms. The number of benzene rings is 7. The summed E-state index contributed by atoms with van der Waals surface area (Å²) in [7, 11) is 0. The van der Waals surface area contributed by atoms with Crippen LogP contribution in [0.3, 0.4) is 0 Å². The van der Waals surface area contributed by atoms with Crippen LogP contribution >= 0.6 is 22.7 Å². The molecular formula is C44H22N4S2. The predicted octanol–water partition coefficient (Wildman–Crippen LogP) is 12.4. The second-order valence-electron chi connectivity index (χ2n) is 12.7. The van der Waals surface area contributed by atoms with Crippen molar-refractivity contribution in [3.8, 4) is 23.5 Å². The van der Waals surface area contributed by atoms with E-state index >= 15 is 0 Å². The summed E-state index contributed by atoms with van der Waals surface area (Å²) in [5.74, 6) is 0. The fraction of sp³-hybridized carbons (Fsp3) is 0. The van der Waals surface area contributed by atoms with Crippen molar-refractivity contribution in [2.75, 3.05) is 0 Å². The minimum atomic E-state index is 0.664. The van der Waals surface area contributed by atoms with Crippen LogP contribution in [0.2, 0.25) is 0 Å². The number of fused-ring (bicyclic) bond motifs is 13. The molecule has 0 aliphatic heterocycles. The van der Waals surface area contributed by atoms with E-state index in [-0.39, 0.29) is 0 Å². The fourth-order valence-corrected chi connectivity index (χ4v) is 10.4. The van der Waals surface area contributed by atoms with E-state index in [4.69, 9.17) is 0 Å². The number of hydrogen-bond acceptors (Lipinski definition) is 4. The van der Waals surface area contributed by atoms with Crippen LogP contribution in [0.4, 0.5) is 0 Å². The summed E-state index contributed by atoms with van der Waals surface area (Å²) in [6.45, 7) is 0. The van der Waals surface area contributed by atoms with Crippen LogP contribution < -0.4 is 0 Å². The molecule has 0 aliphatic rings. The molecule has 0 radical (unpaired) electrons. The standard InChI is InChI=1S/C44H22N4S2/c45-23-25-12-16-38-33(20-25)29-7-1-3-10-36(29)47(38)27-13-18-40-34(21-27)35-22-28(14-19-41(35)49-40)48-37-11-4-2-8-32(37)42-39(48)17-15-31-30-9-5-6-26(24-46)43(30)50-44(31)42/h1-22H. The number of para-hydroxylation sites is 2. The van der Waals surface area contributed by atoms with Crippen molar-refractivity contribution >= 4 is 107 Å². The summed E-state index contributed by atoms with van der Waals surface area (Å²) in [6.07, 6.45) is 0. The average Bonchev–Trinajstić information content (AvgIpc) is 3.91. The Labute approximate surface area is 293 Å². The maximum Gasteiger partial charge on any atom is 0.101 e. The molecule has 4 nitrogen and oxygen atoms in total. The lowest BCUT2D eigenvalue weighted by molar-refractivity contribution is 1.18. The van der Waals surface area contributed by atoms with Gasteiger partial charge in [-0.3, -0.25) is 0 Å². The Morgan fingerprint density at radius 1 is 0.420 bits per heavy atom. The average molecular weight is 671 g/mol. The molecule has 0 fully saturated rings. The van der Waals surface area contributed by atoms with Gasteiger partial charge in [-0.15, -0.1) is 22.7 Å². The molecule has 7 aromatic carbocycles. The smallest absolute Gasteiger partial charge is 0.101 e. The van der Waals surface area contributed by atoms with Gasteiger partial charge in [-0.1, -0.05) is 54.6 Å². The van der Waals surface area contributed by atoms with Gasteiger partial charge in [0.05, 0.1) is 44.0 Å². The van der Waals surface area contributed by atoms with Gasteiger partial charge in [0.1, 0.15) is 6.07 Å². The van der Waals surface area contributed by atoms with Crippen molar-refractivity contribution < 1.29 is 0 Å². The summed E-state index contributed by atoms with van der Waals surface area (Å²) in [4.78, 5) is 0. The van der Waals surface area contributed by atoms with Crippen LogP contribution in [-0.4, -0.2) is 9.13 Å². The first-order valence-electron chi connectivity index (χ1n) is 16.4. The fourth-order valence-electron chi connectivity index (χ4n) is 8.03. The third-order valence-electron chi connectivity index (χ3n) is 10.2. The zero-order chi connectivity index (χ0) is 33.1. The summed E-state index contributed by atoms with van der Waals surface area (Å²) in [5, 5.41) is 28.9. The molecule has 0 saturated carbocycles. The van der Waals surface area contributed by atoms with Crippen LogP contribution in [0, 0.1) is 22.7 Å². The second kappa shape index (κ2) is 10.0. The summed E-state index contributed by atoms with van der Waals surface area (Å²) < 4.78 is 9.47. The molecular weight excluding hydrogens is 649 g/mol. The molecule has 11 rings (SSSR count). The molecule has 4 aromatic heterocycles. The Kier molecular flexibility index (Phi) is 5.52. The van der Waals surface area contributed by atoms with E-state index in [0.29, 0.717) is 5.56 Å². The zero-order valence-corrected chi connectivity index (χ0v) is 27.9. The number of nitrogens with zero attached hydrogens (tertiary/aromatic N) is 4. The first kappa shape index (κ1) is 27.5. The molecule has 0 spiro atoms. The van der Waals surface area contributed by atoms with Gasteiger partial charge in [0.25, 0.3) is 0 Å². The van der Waals surface area contributed by atoms with E-state index in [2.05, 4.69) is 130 Å². The number of hydrogen-bond donors (Lipinski definition) is 0. The molecule has 0 amide bonds. The van der Waals surface area contributed by atoms with Crippen molar-refractivity contribution in [2.24, 2.45) is 0 Å². The Balaban J connectivity index is 1.17. The SMILES string of the molecule is N#Cc1ccc2c(c1)c1ccccc1n2-c1ccc2sc3ccc(-n4c5ccccc5c5c6sc7c(C#N)cccc7c6ccc54)cc3c2c1. The van der Waals surface area contributed by atoms with Crippen molar-refractivity contribution in [1.82, 2.24) is 9.13 Å². The number of aromatic nitrogens is 2. The molecule has 230 valence electrons. The van der Waals surface area contributed by atoms with Gasteiger partial charge in [0.15, 0.2) is 0 Å². The normalized spacial score (nSPS) is 12.0. The van der Waals surface area contributed by atoms with Crippen molar-refractivity contribution in [2.45, 2.75) is 0 Å². The molecule has 11 aromatic rings. The highest BCUT2D eigenvalue weighted by Gasteiger charge is 2.20. The Morgan fingerprint density at radius 3 is 1.78 bits per heavy atom. The minimum Gasteiger partial charge on any atom is -0.309 e. The highest BCUT2D eigenvalue weighted by atomic mass is 32.1. The van der Waals surface area contributed by atoms with Gasteiger partial charge in [0.2, 0.25) is 0 Å². The number of rotatable bonds is 2. The van der Waals surface area contributed by atoms with Gasteiger partial charge in [-0.2, -0.15) is 10.5 Å². The predicted molar refractivity (Wildman–Crippen MR) is 210 cm³/mol. The second-order valence-corrected chi connectivity index (χ2v) is 14.8. The topological polar surface area (TPSA) is 57.4 Å².